The third kappa shape index (κ3) is 4.33. The third-order valence-electron chi connectivity index (χ3n) is 3.03. The molecule has 0 aromatic carbocycles. The molecule has 3 heteroatoms. The van der Waals surface area contributed by atoms with Crippen LogP contribution in [0.3, 0.4) is 0 Å². The molecule has 0 radical (unpaired) electrons. The predicted octanol–water partition coefficient (Wildman–Crippen LogP) is 0.999. The molecule has 0 heterocycles. The van der Waals surface area contributed by atoms with Gasteiger partial charge in [-0.3, -0.25) is 4.90 Å². The molecular formula is C12H24N2O. The summed E-state index contributed by atoms with van der Waals surface area (Å²) in [6.45, 7) is 10.0. The zero-order chi connectivity index (χ0) is 11.1. The van der Waals surface area contributed by atoms with Crippen molar-refractivity contribution in [3.05, 3.63) is 12.2 Å². The zero-order valence-corrected chi connectivity index (χ0v) is 9.84. The van der Waals surface area contributed by atoms with Crippen LogP contribution in [0.5, 0.6) is 0 Å². The fourth-order valence-electron chi connectivity index (χ4n) is 1.92. The van der Waals surface area contributed by atoms with E-state index < -0.39 is 0 Å². The van der Waals surface area contributed by atoms with E-state index in [0.717, 1.165) is 26.2 Å². The lowest BCUT2D eigenvalue weighted by Gasteiger charge is -2.37. The first-order valence-electron chi connectivity index (χ1n) is 6.00. The van der Waals surface area contributed by atoms with Gasteiger partial charge in [0.15, 0.2) is 0 Å². The fourth-order valence-corrected chi connectivity index (χ4v) is 1.92. The largest absolute Gasteiger partial charge is 0.395 e. The van der Waals surface area contributed by atoms with E-state index in [-0.39, 0.29) is 6.61 Å². The number of nitrogens with one attached hydrogen (secondary N) is 1. The Hall–Kier alpha value is -0.380. The number of hydrogen-bond donors (Lipinski definition) is 2. The van der Waals surface area contributed by atoms with Crippen LogP contribution in [0.4, 0.5) is 0 Å². The summed E-state index contributed by atoms with van der Waals surface area (Å²) >= 11 is 0. The SMILES string of the molecule is C=C(CNCC)CN(CCO)C1CCC1. The second-order valence-electron chi connectivity index (χ2n) is 4.31. The molecule has 1 fully saturated rings. The van der Waals surface area contributed by atoms with Gasteiger partial charge in [-0.2, -0.15) is 0 Å². The molecule has 0 bridgehead atoms. The van der Waals surface area contributed by atoms with Crippen LogP contribution in [0, 0.1) is 0 Å². The van der Waals surface area contributed by atoms with Crippen molar-refractivity contribution in [1.82, 2.24) is 10.2 Å². The molecule has 1 aliphatic rings. The average molecular weight is 212 g/mol. The van der Waals surface area contributed by atoms with Crippen molar-refractivity contribution in [2.24, 2.45) is 0 Å². The van der Waals surface area contributed by atoms with E-state index in [2.05, 4.69) is 23.7 Å². The first-order chi connectivity index (χ1) is 7.27. The molecule has 0 spiro atoms. The van der Waals surface area contributed by atoms with Gasteiger partial charge in [-0.1, -0.05) is 19.9 Å². The van der Waals surface area contributed by atoms with Gasteiger partial charge in [-0.25, -0.2) is 0 Å². The smallest absolute Gasteiger partial charge is 0.0558 e. The highest BCUT2D eigenvalue weighted by Gasteiger charge is 2.24. The minimum Gasteiger partial charge on any atom is -0.395 e. The van der Waals surface area contributed by atoms with Crippen molar-refractivity contribution in [3.8, 4) is 0 Å². The Morgan fingerprint density at radius 1 is 1.53 bits per heavy atom. The Labute approximate surface area is 93.2 Å². The number of aliphatic hydroxyl groups excluding tert-OH is 1. The highest BCUT2D eigenvalue weighted by Crippen LogP contribution is 2.24. The maximum atomic E-state index is 9.01. The van der Waals surface area contributed by atoms with Gasteiger partial charge < -0.3 is 10.4 Å². The standard InChI is InChI=1S/C12H24N2O/c1-3-13-9-11(2)10-14(7-8-15)12-5-4-6-12/h12-13,15H,2-10H2,1H3. The van der Waals surface area contributed by atoms with Crippen molar-refractivity contribution in [2.45, 2.75) is 32.2 Å². The topological polar surface area (TPSA) is 35.5 Å². The van der Waals surface area contributed by atoms with Crippen LogP contribution >= 0.6 is 0 Å². The number of rotatable bonds is 8. The van der Waals surface area contributed by atoms with Gasteiger partial charge in [0, 0.05) is 25.7 Å². The summed E-state index contributed by atoms with van der Waals surface area (Å²) in [6, 6.07) is 0.690. The van der Waals surface area contributed by atoms with Crippen molar-refractivity contribution in [1.29, 1.82) is 0 Å². The molecule has 1 saturated carbocycles. The monoisotopic (exact) mass is 212 g/mol. The molecule has 3 nitrogen and oxygen atoms in total. The maximum Gasteiger partial charge on any atom is 0.0558 e. The number of hydrogen-bond acceptors (Lipinski definition) is 3. The van der Waals surface area contributed by atoms with Crippen molar-refractivity contribution in [3.63, 3.8) is 0 Å². The van der Waals surface area contributed by atoms with E-state index in [4.69, 9.17) is 5.11 Å². The molecule has 1 rings (SSSR count). The van der Waals surface area contributed by atoms with Crippen molar-refractivity contribution in [2.75, 3.05) is 32.8 Å². The van der Waals surface area contributed by atoms with Crippen LogP contribution in [0.2, 0.25) is 0 Å². The third-order valence-corrected chi connectivity index (χ3v) is 3.03. The molecule has 0 unspecified atom stereocenters. The molecule has 88 valence electrons. The zero-order valence-electron chi connectivity index (χ0n) is 9.84. The Kier molecular flexibility index (Phi) is 5.91. The van der Waals surface area contributed by atoms with Gasteiger partial charge >= 0.3 is 0 Å². The van der Waals surface area contributed by atoms with Crippen LogP contribution in [-0.2, 0) is 0 Å². The molecule has 2 N–H and O–H groups in total. The second-order valence-corrected chi connectivity index (χ2v) is 4.31. The van der Waals surface area contributed by atoms with Crippen molar-refractivity contribution >= 4 is 0 Å². The fraction of sp³-hybridized carbons (Fsp3) is 0.833. The molecule has 15 heavy (non-hydrogen) atoms. The lowest BCUT2D eigenvalue weighted by atomic mass is 9.91. The quantitative estimate of drug-likeness (QED) is 0.589. The van der Waals surface area contributed by atoms with Gasteiger partial charge in [0.2, 0.25) is 0 Å². The van der Waals surface area contributed by atoms with Gasteiger partial charge in [0.05, 0.1) is 6.61 Å². The lowest BCUT2D eigenvalue weighted by Crippen LogP contribution is -2.43. The normalized spacial score (nSPS) is 16.7. The molecule has 0 aromatic rings. The molecule has 0 aliphatic heterocycles. The van der Waals surface area contributed by atoms with E-state index in [1.807, 2.05) is 0 Å². The average Bonchev–Trinajstić information content (AvgIpc) is 2.12. The highest BCUT2D eigenvalue weighted by atomic mass is 16.3. The first kappa shape index (κ1) is 12.7. The lowest BCUT2D eigenvalue weighted by molar-refractivity contribution is 0.111. The predicted molar refractivity (Wildman–Crippen MR) is 64.0 cm³/mol. The Bertz CT molecular complexity index is 190. The van der Waals surface area contributed by atoms with Gasteiger partial charge in [-0.05, 0) is 25.0 Å². The van der Waals surface area contributed by atoms with Crippen molar-refractivity contribution < 1.29 is 5.11 Å². The maximum absolute atomic E-state index is 9.01. The Morgan fingerprint density at radius 2 is 2.27 bits per heavy atom. The Balaban J connectivity index is 2.26. The minimum absolute atomic E-state index is 0.255. The molecule has 0 aromatic heterocycles. The van der Waals surface area contributed by atoms with Gasteiger partial charge in [0.1, 0.15) is 0 Å². The summed E-state index contributed by atoms with van der Waals surface area (Å²) in [5.74, 6) is 0. The summed E-state index contributed by atoms with van der Waals surface area (Å²) in [6.07, 6.45) is 3.91. The van der Waals surface area contributed by atoms with Gasteiger partial charge in [-0.15, -0.1) is 0 Å². The van der Waals surface area contributed by atoms with E-state index >= 15 is 0 Å². The number of aliphatic hydroxyl groups is 1. The molecular weight excluding hydrogens is 188 g/mol. The van der Waals surface area contributed by atoms with E-state index in [1.165, 1.54) is 24.8 Å². The van der Waals surface area contributed by atoms with Crippen LogP contribution < -0.4 is 5.32 Å². The molecule has 0 amide bonds. The van der Waals surface area contributed by atoms with Crippen LogP contribution in [0.1, 0.15) is 26.2 Å². The summed E-state index contributed by atoms with van der Waals surface area (Å²) in [5, 5.41) is 12.3. The summed E-state index contributed by atoms with van der Waals surface area (Å²) < 4.78 is 0. The summed E-state index contributed by atoms with van der Waals surface area (Å²) in [7, 11) is 0. The summed E-state index contributed by atoms with van der Waals surface area (Å²) in [5.41, 5.74) is 1.22. The number of nitrogens with zero attached hydrogens (tertiary/aromatic N) is 1. The van der Waals surface area contributed by atoms with E-state index in [0.29, 0.717) is 6.04 Å². The summed E-state index contributed by atoms with van der Waals surface area (Å²) in [4.78, 5) is 2.36. The molecule has 0 saturated heterocycles. The Morgan fingerprint density at radius 3 is 2.73 bits per heavy atom. The second kappa shape index (κ2) is 6.99. The first-order valence-corrected chi connectivity index (χ1v) is 6.00. The minimum atomic E-state index is 0.255. The molecule has 1 aliphatic carbocycles. The molecule has 0 atom stereocenters. The van der Waals surface area contributed by atoms with Crippen LogP contribution in [-0.4, -0.2) is 48.8 Å². The van der Waals surface area contributed by atoms with Gasteiger partial charge in [0.25, 0.3) is 0 Å². The van der Waals surface area contributed by atoms with E-state index in [1.54, 1.807) is 0 Å². The van der Waals surface area contributed by atoms with Crippen LogP contribution in [0.25, 0.3) is 0 Å². The van der Waals surface area contributed by atoms with Crippen LogP contribution in [0.15, 0.2) is 12.2 Å². The van der Waals surface area contributed by atoms with E-state index in [9.17, 15) is 0 Å². The highest BCUT2D eigenvalue weighted by molar-refractivity contribution is 5.01. The number of likely N-dealkylation sites (N-methyl/N-ethyl adjacent to an activating group) is 1.